The van der Waals surface area contributed by atoms with Gasteiger partial charge in [-0.15, -0.1) is 11.3 Å². The number of ether oxygens (including phenoxy) is 1. The first-order valence-corrected chi connectivity index (χ1v) is 8.40. The summed E-state index contributed by atoms with van der Waals surface area (Å²) < 4.78 is 6.00. The van der Waals surface area contributed by atoms with E-state index in [4.69, 9.17) is 4.74 Å². The lowest BCUT2D eigenvalue weighted by Crippen LogP contribution is -2.17. The van der Waals surface area contributed by atoms with Gasteiger partial charge in [0, 0.05) is 22.1 Å². The van der Waals surface area contributed by atoms with Crippen molar-refractivity contribution in [3.8, 4) is 0 Å². The van der Waals surface area contributed by atoms with Gasteiger partial charge < -0.3 is 9.64 Å². The number of aryl methyl sites for hydroxylation is 1. The zero-order valence-corrected chi connectivity index (χ0v) is 14.6. The molecule has 4 nitrogen and oxygen atoms in total. The molecule has 1 aromatic carbocycles. The van der Waals surface area contributed by atoms with Crippen LogP contribution in [0.2, 0.25) is 0 Å². The van der Waals surface area contributed by atoms with Crippen molar-refractivity contribution in [1.29, 1.82) is 0 Å². The van der Waals surface area contributed by atoms with E-state index in [-0.39, 0.29) is 5.97 Å². The predicted octanol–water partition coefficient (Wildman–Crippen LogP) is 4.55. The van der Waals surface area contributed by atoms with Crippen LogP contribution in [0.25, 0.3) is 0 Å². The average molecular weight is 369 g/mol. The highest BCUT2D eigenvalue weighted by molar-refractivity contribution is 9.10. The summed E-state index contributed by atoms with van der Waals surface area (Å²) >= 11 is 4.94. The Morgan fingerprint density at radius 1 is 1.43 bits per heavy atom. The summed E-state index contributed by atoms with van der Waals surface area (Å²) in [5.41, 5.74) is 2.60. The molecule has 2 rings (SSSR count). The van der Waals surface area contributed by atoms with E-state index in [2.05, 4.69) is 51.8 Å². The van der Waals surface area contributed by atoms with Gasteiger partial charge in [-0.25, -0.2) is 9.78 Å². The van der Waals surface area contributed by atoms with Gasteiger partial charge in [-0.1, -0.05) is 22.0 Å². The molecule has 0 aliphatic heterocycles. The van der Waals surface area contributed by atoms with Gasteiger partial charge in [-0.05, 0) is 38.5 Å². The van der Waals surface area contributed by atoms with Crippen LogP contribution in [0.1, 0.15) is 29.9 Å². The molecular formula is C15H17BrN2O2S. The maximum absolute atomic E-state index is 11.7. The lowest BCUT2D eigenvalue weighted by atomic mass is 10.2. The smallest absolute Gasteiger partial charge is 0.357 e. The molecule has 0 saturated carbocycles. The monoisotopic (exact) mass is 368 g/mol. The largest absolute Gasteiger partial charge is 0.461 e. The van der Waals surface area contributed by atoms with Gasteiger partial charge in [0.15, 0.2) is 10.8 Å². The third-order valence-corrected chi connectivity index (χ3v) is 4.34. The van der Waals surface area contributed by atoms with Crippen LogP contribution in [0.5, 0.6) is 0 Å². The van der Waals surface area contributed by atoms with Gasteiger partial charge in [0.05, 0.1) is 6.61 Å². The third-order valence-electron chi connectivity index (χ3n) is 2.99. The highest BCUT2D eigenvalue weighted by Gasteiger charge is 2.17. The molecule has 0 amide bonds. The zero-order chi connectivity index (χ0) is 15.4. The van der Waals surface area contributed by atoms with Crippen molar-refractivity contribution in [2.24, 2.45) is 0 Å². The number of carbonyl (C=O) groups excluding carboxylic acids is 1. The van der Waals surface area contributed by atoms with Crippen molar-refractivity contribution in [2.75, 3.05) is 18.1 Å². The normalized spacial score (nSPS) is 10.5. The Bertz CT molecular complexity index is 642. The summed E-state index contributed by atoms with van der Waals surface area (Å²) in [6.07, 6.45) is 0. The summed E-state index contributed by atoms with van der Waals surface area (Å²) in [6, 6.07) is 6.13. The van der Waals surface area contributed by atoms with E-state index in [1.807, 2.05) is 6.07 Å². The fourth-order valence-corrected chi connectivity index (χ4v) is 3.19. The number of rotatable bonds is 5. The minimum atomic E-state index is -0.373. The number of hydrogen-bond donors (Lipinski definition) is 0. The number of anilines is 2. The van der Waals surface area contributed by atoms with E-state index < -0.39 is 0 Å². The highest BCUT2D eigenvalue weighted by Crippen LogP contribution is 2.32. The lowest BCUT2D eigenvalue weighted by molar-refractivity contribution is 0.0520. The Morgan fingerprint density at radius 2 is 2.19 bits per heavy atom. The minimum Gasteiger partial charge on any atom is -0.461 e. The molecule has 0 unspecified atom stereocenters. The number of benzene rings is 1. The summed E-state index contributed by atoms with van der Waals surface area (Å²) in [5, 5.41) is 2.53. The molecule has 21 heavy (non-hydrogen) atoms. The number of nitrogens with zero attached hydrogens (tertiary/aromatic N) is 2. The van der Waals surface area contributed by atoms with E-state index in [1.54, 1.807) is 12.3 Å². The number of aromatic nitrogens is 1. The lowest BCUT2D eigenvalue weighted by Gasteiger charge is -2.22. The number of halogens is 1. The second-order valence-electron chi connectivity index (χ2n) is 4.41. The molecule has 0 radical (unpaired) electrons. The first-order valence-electron chi connectivity index (χ1n) is 6.73. The van der Waals surface area contributed by atoms with E-state index in [1.165, 1.54) is 11.3 Å². The molecule has 0 fully saturated rings. The molecule has 0 N–H and O–H groups in total. The first kappa shape index (κ1) is 16.0. The molecule has 0 aliphatic carbocycles. The first-order chi connectivity index (χ1) is 10.1. The molecule has 1 heterocycles. The molecule has 6 heteroatoms. The van der Waals surface area contributed by atoms with Crippen LogP contribution < -0.4 is 4.90 Å². The summed E-state index contributed by atoms with van der Waals surface area (Å²) in [4.78, 5) is 18.2. The van der Waals surface area contributed by atoms with Gasteiger partial charge in [0.25, 0.3) is 0 Å². The molecule has 0 atom stereocenters. The Kier molecular flexibility index (Phi) is 5.36. The minimum absolute atomic E-state index is 0.355. The summed E-state index contributed by atoms with van der Waals surface area (Å²) in [7, 11) is 0. The molecule has 112 valence electrons. The standard InChI is InChI=1S/C15H17BrN2O2S/c1-4-18(13-8-11(16)7-6-10(13)3)15-17-12(9-21-15)14(19)20-5-2/h6-9H,4-5H2,1-3H3. The second-order valence-corrected chi connectivity index (χ2v) is 6.16. The summed E-state index contributed by atoms with van der Waals surface area (Å²) in [6.45, 7) is 7.03. The fourth-order valence-electron chi connectivity index (χ4n) is 1.97. The maximum atomic E-state index is 11.7. The van der Waals surface area contributed by atoms with Crippen LogP contribution in [0.15, 0.2) is 28.1 Å². The van der Waals surface area contributed by atoms with Crippen LogP contribution >= 0.6 is 27.3 Å². The fraction of sp³-hybridized carbons (Fsp3) is 0.333. The predicted molar refractivity (Wildman–Crippen MR) is 89.6 cm³/mol. The molecule has 2 aromatic rings. The topological polar surface area (TPSA) is 42.4 Å². The van der Waals surface area contributed by atoms with Crippen molar-refractivity contribution >= 4 is 44.1 Å². The van der Waals surface area contributed by atoms with Gasteiger partial charge in [-0.2, -0.15) is 0 Å². The van der Waals surface area contributed by atoms with Gasteiger partial charge in [0.2, 0.25) is 0 Å². The van der Waals surface area contributed by atoms with Crippen LogP contribution in [-0.2, 0) is 4.74 Å². The number of esters is 1. The highest BCUT2D eigenvalue weighted by atomic mass is 79.9. The van der Waals surface area contributed by atoms with E-state index in [0.717, 1.165) is 27.4 Å². The maximum Gasteiger partial charge on any atom is 0.357 e. The van der Waals surface area contributed by atoms with Crippen molar-refractivity contribution in [3.05, 3.63) is 39.3 Å². The van der Waals surface area contributed by atoms with Crippen molar-refractivity contribution in [2.45, 2.75) is 20.8 Å². The van der Waals surface area contributed by atoms with Crippen LogP contribution in [0.4, 0.5) is 10.8 Å². The average Bonchev–Trinajstić information content (AvgIpc) is 2.93. The Morgan fingerprint density at radius 3 is 2.86 bits per heavy atom. The molecule has 0 saturated heterocycles. The van der Waals surface area contributed by atoms with E-state index in [9.17, 15) is 4.79 Å². The van der Waals surface area contributed by atoms with Gasteiger partial charge in [0.1, 0.15) is 0 Å². The molecule has 0 bridgehead atoms. The molecular weight excluding hydrogens is 352 g/mol. The Balaban J connectivity index is 2.34. The SMILES string of the molecule is CCOC(=O)c1csc(N(CC)c2cc(Br)ccc2C)n1. The van der Waals surface area contributed by atoms with Crippen LogP contribution in [0.3, 0.4) is 0 Å². The Labute approximate surface area is 136 Å². The van der Waals surface area contributed by atoms with E-state index >= 15 is 0 Å². The van der Waals surface area contributed by atoms with Crippen LogP contribution in [0, 0.1) is 6.92 Å². The second kappa shape index (κ2) is 7.04. The third kappa shape index (κ3) is 3.63. The Hall–Kier alpha value is -1.40. The zero-order valence-electron chi connectivity index (χ0n) is 12.2. The van der Waals surface area contributed by atoms with Crippen molar-refractivity contribution in [1.82, 2.24) is 4.98 Å². The molecule has 0 spiro atoms. The van der Waals surface area contributed by atoms with Crippen molar-refractivity contribution < 1.29 is 9.53 Å². The van der Waals surface area contributed by atoms with Gasteiger partial charge >= 0.3 is 5.97 Å². The molecule has 1 aromatic heterocycles. The van der Waals surface area contributed by atoms with Crippen LogP contribution in [-0.4, -0.2) is 24.1 Å². The summed E-state index contributed by atoms with van der Waals surface area (Å²) in [5.74, 6) is -0.373. The number of hydrogen-bond acceptors (Lipinski definition) is 5. The van der Waals surface area contributed by atoms with Gasteiger partial charge in [-0.3, -0.25) is 0 Å². The van der Waals surface area contributed by atoms with E-state index in [0.29, 0.717) is 12.3 Å². The quantitative estimate of drug-likeness (QED) is 0.726. The molecule has 0 aliphatic rings. The number of thiazole rings is 1. The van der Waals surface area contributed by atoms with Crippen molar-refractivity contribution in [3.63, 3.8) is 0 Å². The number of carbonyl (C=O) groups is 1.